The van der Waals surface area contributed by atoms with E-state index in [1.807, 2.05) is 0 Å². The zero-order valence-electron chi connectivity index (χ0n) is 6.22. The summed E-state index contributed by atoms with van der Waals surface area (Å²) >= 11 is 5.16. The summed E-state index contributed by atoms with van der Waals surface area (Å²) in [5.74, 6) is 2.26. The monoisotopic (exact) mass is 183 g/mol. The minimum Gasteiger partial charge on any atom is -0.314 e. The van der Waals surface area contributed by atoms with Crippen LogP contribution >= 0.6 is 11.6 Å². The summed E-state index contributed by atoms with van der Waals surface area (Å²) in [5, 5.41) is 2.18. The molecular weight excluding hydrogens is 177 g/mol. The van der Waals surface area contributed by atoms with E-state index in [1.165, 1.54) is 12.1 Å². The van der Waals surface area contributed by atoms with Crippen molar-refractivity contribution in [1.29, 1.82) is 0 Å². The van der Waals surface area contributed by atoms with E-state index in [2.05, 4.69) is 11.3 Å². The lowest BCUT2D eigenvalue weighted by Gasteiger charge is -2.02. The molecule has 12 heavy (non-hydrogen) atoms. The van der Waals surface area contributed by atoms with Gasteiger partial charge in [0, 0.05) is 5.38 Å². The van der Waals surface area contributed by atoms with Crippen LogP contribution in [0.5, 0.6) is 0 Å². The number of rotatable bonds is 1. The van der Waals surface area contributed by atoms with Gasteiger partial charge in [0.15, 0.2) is 0 Å². The lowest BCUT2D eigenvalue weighted by atomic mass is 10.1. The Morgan fingerprint density at radius 1 is 1.33 bits per heavy atom. The lowest BCUT2D eigenvalue weighted by molar-refractivity contribution is 0.626. The fraction of sp³-hybridized carbons (Fsp3) is 0.111. The maximum Gasteiger partial charge on any atom is 0.123 e. The van der Waals surface area contributed by atoms with Crippen LogP contribution in [-0.4, -0.2) is 0 Å². The van der Waals surface area contributed by atoms with E-state index in [1.54, 1.807) is 12.1 Å². The van der Waals surface area contributed by atoms with Gasteiger partial charge < -0.3 is 5.73 Å². The molecule has 0 heterocycles. The molecule has 0 aromatic heterocycles. The molecule has 1 nitrogen and oxygen atoms in total. The molecule has 1 aromatic rings. The lowest BCUT2D eigenvalue weighted by Crippen LogP contribution is -2.06. The van der Waals surface area contributed by atoms with Gasteiger partial charge in [0.05, 0.1) is 6.04 Å². The van der Waals surface area contributed by atoms with Crippen LogP contribution in [0.15, 0.2) is 24.3 Å². The molecule has 3 heteroatoms. The number of hydrogen-bond acceptors (Lipinski definition) is 1. The summed E-state index contributed by atoms with van der Waals surface area (Å²) in [4.78, 5) is 0. The molecule has 0 aliphatic carbocycles. The molecule has 2 N–H and O–H groups in total. The van der Waals surface area contributed by atoms with Crippen LogP contribution in [0.2, 0.25) is 0 Å². The minimum atomic E-state index is -0.442. The fourth-order valence-electron chi connectivity index (χ4n) is 0.812. The van der Waals surface area contributed by atoms with Gasteiger partial charge in [-0.1, -0.05) is 18.1 Å². The van der Waals surface area contributed by atoms with Crippen molar-refractivity contribution in [3.8, 4) is 11.3 Å². The molecule has 0 aliphatic heterocycles. The molecule has 62 valence electrons. The van der Waals surface area contributed by atoms with Gasteiger partial charge in [-0.3, -0.25) is 0 Å². The summed E-state index contributed by atoms with van der Waals surface area (Å²) in [5.41, 5.74) is 6.33. The van der Waals surface area contributed by atoms with E-state index in [-0.39, 0.29) is 5.82 Å². The predicted molar refractivity (Wildman–Crippen MR) is 47.0 cm³/mol. The molecule has 1 aromatic carbocycles. The van der Waals surface area contributed by atoms with Crippen molar-refractivity contribution < 1.29 is 4.39 Å². The van der Waals surface area contributed by atoms with Gasteiger partial charge in [-0.2, -0.15) is 0 Å². The number of benzene rings is 1. The first kappa shape index (κ1) is 9.05. The Bertz CT molecular complexity index is 310. The van der Waals surface area contributed by atoms with Crippen molar-refractivity contribution in [1.82, 2.24) is 0 Å². The highest BCUT2D eigenvalue weighted by atomic mass is 35.5. The van der Waals surface area contributed by atoms with Crippen molar-refractivity contribution in [3.05, 3.63) is 35.6 Å². The highest BCUT2D eigenvalue weighted by Gasteiger charge is 2.00. The Morgan fingerprint density at radius 3 is 2.42 bits per heavy atom. The highest BCUT2D eigenvalue weighted by Crippen LogP contribution is 2.09. The number of halogens is 2. The minimum absolute atomic E-state index is 0.287. The van der Waals surface area contributed by atoms with Gasteiger partial charge >= 0.3 is 0 Å². The fourth-order valence-corrected chi connectivity index (χ4v) is 0.930. The van der Waals surface area contributed by atoms with Crippen LogP contribution in [0.3, 0.4) is 0 Å². The Hall–Kier alpha value is -1.04. The summed E-state index contributed by atoms with van der Waals surface area (Å²) in [6.45, 7) is 0. The Morgan fingerprint density at radius 2 is 1.92 bits per heavy atom. The van der Waals surface area contributed by atoms with E-state index < -0.39 is 6.04 Å². The zero-order chi connectivity index (χ0) is 8.97. The molecule has 1 atom stereocenters. The number of hydrogen-bond donors (Lipinski definition) is 1. The second-order valence-corrected chi connectivity index (χ2v) is 2.46. The normalized spacial score (nSPS) is 11.6. The van der Waals surface area contributed by atoms with Crippen LogP contribution in [0.1, 0.15) is 11.6 Å². The third-order valence-electron chi connectivity index (χ3n) is 1.44. The molecule has 0 saturated heterocycles. The first-order valence-corrected chi connectivity index (χ1v) is 3.74. The Balaban J connectivity index is 2.87. The maximum absolute atomic E-state index is 12.4. The van der Waals surface area contributed by atoms with Crippen LogP contribution in [0.25, 0.3) is 0 Å². The molecule has 0 radical (unpaired) electrons. The van der Waals surface area contributed by atoms with Crippen LogP contribution in [-0.2, 0) is 0 Å². The zero-order valence-corrected chi connectivity index (χ0v) is 6.98. The molecule has 1 rings (SSSR count). The molecular formula is C9H7ClFN. The van der Waals surface area contributed by atoms with Gasteiger partial charge in [-0.15, -0.1) is 0 Å². The average Bonchev–Trinajstić information content (AvgIpc) is 2.06. The summed E-state index contributed by atoms with van der Waals surface area (Å²) in [6, 6.07) is 5.40. The van der Waals surface area contributed by atoms with Gasteiger partial charge in [0.25, 0.3) is 0 Å². The van der Waals surface area contributed by atoms with Gasteiger partial charge in [0.1, 0.15) is 5.82 Å². The van der Waals surface area contributed by atoms with Crippen LogP contribution in [0, 0.1) is 17.1 Å². The summed E-state index contributed by atoms with van der Waals surface area (Å²) in [6.07, 6.45) is 0. The molecule has 0 amide bonds. The standard InChI is InChI=1S/C9H7ClFN/c10-6-5-9(12)7-1-3-8(11)4-2-7/h1-4,9H,12H2. The quantitative estimate of drug-likeness (QED) is 0.663. The molecule has 0 spiro atoms. The second kappa shape index (κ2) is 4.10. The van der Waals surface area contributed by atoms with E-state index >= 15 is 0 Å². The SMILES string of the molecule is NC(C#CCl)c1ccc(F)cc1. The van der Waals surface area contributed by atoms with E-state index in [9.17, 15) is 4.39 Å². The second-order valence-electron chi connectivity index (χ2n) is 2.27. The summed E-state index contributed by atoms with van der Waals surface area (Å²) < 4.78 is 12.4. The van der Waals surface area contributed by atoms with E-state index in [0.717, 1.165) is 5.56 Å². The van der Waals surface area contributed by atoms with Gasteiger partial charge in [-0.25, -0.2) is 4.39 Å². The number of nitrogens with two attached hydrogens (primary N) is 1. The predicted octanol–water partition coefficient (Wildman–Crippen LogP) is 2.03. The molecule has 1 unspecified atom stereocenters. The first-order chi connectivity index (χ1) is 5.74. The van der Waals surface area contributed by atoms with Gasteiger partial charge in [0.2, 0.25) is 0 Å². The molecule has 0 bridgehead atoms. The Labute approximate surface area is 75.3 Å². The van der Waals surface area contributed by atoms with E-state index in [0.29, 0.717) is 0 Å². The van der Waals surface area contributed by atoms with E-state index in [4.69, 9.17) is 17.3 Å². The van der Waals surface area contributed by atoms with Crippen molar-refractivity contribution in [2.45, 2.75) is 6.04 Å². The van der Waals surface area contributed by atoms with Crippen LogP contribution in [0.4, 0.5) is 4.39 Å². The maximum atomic E-state index is 12.4. The molecule has 0 aliphatic rings. The third-order valence-corrected chi connectivity index (χ3v) is 1.55. The first-order valence-electron chi connectivity index (χ1n) is 3.36. The summed E-state index contributed by atoms with van der Waals surface area (Å²) in [7, 11) is 0. The van der Waals surface area contributed by atoms with Crippen molar-refractivity contribution >= 4 is 11.6 Å². The largest absolute Gasteiger partial charge is 0.314 e. The smallest absolute Gasteiger partial charge is 0.123 e. The van der Waals surface area contributed by atoms with Crippen molar-refractivity contribution in [3.63, 3.8) is 0 Å². The Kier molecular flexibility index (Phi) is 3.09. The molecule has 0 fully saturated rings. The molecule has 0 saturated carbocycles. The third kappa shape index (κ3) is 2.23. The topological polar surface area (TPSA) is 26.0 Å². The van der Waals surface area contributed by atoms with Crippen molar-refractivity contribution in [2.24, 2.45) is 5.73 Å². The average molecular weight is 184 g/mol. The van der Waals surface area contributed by atoms with Gasteiger partial charge in [-0.05, 0) is 29.3 Å². The highest BCUT2D eigenvalue weighted by molar-refractivity contribution is 6.30. The van der Waals surface area contributed by atoms with Crippen LogP contribution < -0.4 is 5.73 Å². The van der Waals surface area contributed by atoms with Crippen molar-refractivity contribution in [2.75, 3.05) is 0 Å².